The Labute approximate surface area is 114 Å². The molecule has 2 aliphatic rings. The van der Waals surface area contributed by atoms with Crippen molar-refractivity contribution in [1.29, 1.82) is 0 Å². The predicted molar refractivity (Wildman–Crippen MR) is 71.8 cm³/mol. The molecule has 108 valence electrons. The normalized spacial score (nSPS) is 25.4. The number of carboxylic acids is 1. The van der Waals surface area contributed by atoms with Crippen molar-refractivity contribution in [3.63, 3.8) is 0 Å². The van der Waals surface area contributed by atoms with E-state index in [1.165, 1.54) is 19.3 Å². The van der Waals surface area contributed by atoms with Crippen molar-refractivity contribution in [2.45, 2.75) is 44.6 Å². The molecule has 1 N–H and O–H groups in total. The summed E-state index contributed by atoms with van der Waals surface area (Å²) in [6.45, 7) is 1.61. The molecule has 1 aliphatic carbocycles. The lowest BCUT2D eigenvalue weighted by atomic mass is 9.94. The van der Waals surface area contributed by atoms with Gasteiger partial charge in [-0.25, -0.2) is 0 Å². The molecule has 5 nitrogen and oxygen atoms in total. The van der Waals surface area contributed by atoms with E-state index in [1.54, 1.807) is 0 Å². The number of aliphatic carboxylic acids is 1. The first-order valence-electron chi connectivity index (χ1n) is 7.28. The van der Waals surface area contributed by atoms with Gasteiger partial charge in [-0.15, -0.1) is 0 Å². The highest BCUT2D eigenvalue weighted by atomic mass is 16.4. The second-order valence-electron chi connectivity index (χ2n) is 5.86. The second-order valence-corrected chi connectivity index (χ2v) is 5.86. The Hall–Kier alpha value is -1.10. The zero-order chi connectivity index (χ0) is 13.8. The minimum atomic E-state index is -0.740. The summed E-state index contributed by atoms with van der Waals surface area (Å²) < 4.78 is 0. The molecule has 0 aromatic carbocycles. The van der Waals surface area contributed by atoms with E-state index in [0.29, 0.717) is 25.6 Å². The maximum Gasteiger partial charge on any atom is 0.307 e. The highest BCUT2D eigenvalue weighted by molar-refractivity contribution is 5.78. The molecule has 2 fully saturated rings. The molecule has 1 aliphatic heterocycles. The monoisotopic (exact) mass is 268 g/mol. The van der Waals surface area contributed by atoms with Crippen LogP contribution in [0.1, 0.15) is 38.5 Å². The van der Waals surface area contributed by atoms with E-state index in [2.05, 4.69) is 0 Å². The lowest BCUT2D eigenvalue weighted by Gasteiger charge is -2.32. The Morgan fingerprint density at radius 2 is 1.89 bits per heavy atom. The number of carbonyl (C=O) groups excluding carboxylic acids is 1. The summed E-state index contributed by atoms with van der Waals surface area (Å²) in [5.41, 5.74) is 0. The number of nitrogens with zero attached hydrogens (tertiary/aromatic N) is 2. The molecule has 5 heteroatoms. The van der Waals surface area contributed by atoms with Gasteiger partial charge < -0.3 is 10.0 Å². The SMILES string of the molecule is CN(C(=O)CN1CC[C@H](C(=O)O)C1)C1CCCCC1. The molecule has 1 saturated heterocycles. The Morgan fingerprint density at radius 3 is 2.47 bits per heavy atom. The highest BCUT2D eigenvalue weighted by Gasteiger charge is 2.30. The van der Waals surface area contributed by atoms with E-state index in [9.17, 15) is 9.59 Å². The summed E-state index contributed by atoms with van der Waals surface area (Å²) >= 11 is 0. The van der Waals surface area contributed by atoms with Gasteiger partial charge in [-0.3, -0.25) is 14.5 Å². The maximum absolute atomic E-state index is 12.2. The van der Waals surface area contributed by atoms with Gasteiger partial charge >= 0.3 is 5.97 Å². The zero-order valence-corrected chi connectivity index (χ0v) is 11.7. The fourth-order valence-corrected chi connectivity index (χ4v) is 3.15. The second kappa shape index (κ2) is 6.37. The number of amides is 1. The van der Waals surface area contributed by atoms with Gasteiger partial charge in [0, 0.05) is 19.6 Å². The van der Waals surface area contributed by atoms with Crippen LogP contribution in [0.5, 0.6) is 0 Å². The fraction of sp³-hybridized carbons (Fsp3) is 0.857. The molecule has 0 bridgehead atoms. The third kappa shape index (κ3) is 3.69. The molecule has 0 aromatic heterocycles. The molecule has 1 atom stereocenters. The third-order valence-electron chi connectivity index (χ3n) is 4.50. The molecule has 19 heavy (non-hydrogen) atoms. The minimum Gasteiger partial charge on any atom is -0.481 e. The van der Waals surface area contributed by atoms with Crippen molar-refractivity contribution < 1.29 is 14.7 Å². The van der Waals surface area contributed by atoms with Crippen molar-refractivity contribution >= 4 is 11.9 Å². The standard InChI is InChI=1S/C14H24N2O3/c1-15(12-5-3-2-4-6-12)13(17)10-16-8-7-11(9-16)14(18)19/h11-12H,2-10H2,1H3,(H,18,19)/t11-/m0/s1. The molecule has 0 unspecified atom stereocenters. The van der Waals surface area contributed by atoms with Gasteiger partial charge in [-0.1, -0.05) is 19.3 Å². The summed E-state index contributed by atoms with van der Waals surface area (Å²) in [6, 6.07) is 0.388. The summed E-state index contributed by atoms with van der Waals surface area (Å²) in [5, 5.41) is 8.96. The van der Waals surface area contributed by atoms with Crippen LogP contribution in [0.15, 0.2) is 0 Å². The van der Waals surface area contributed by atoms with Gasteiger partial charge in [0.25, 0.3) is 0 Å². The molecular weight excluding hydrogens is 244 g/mol. The Morgan fingerprint density at radius 1 is 1.21 bits per heavy atom. The quantitative estimate of drug-likeness (QED) is 0.832. The Kier molecular flexibility index (Phi) is 4.80. The fourth-order valence-electron chi connectivity index (χ4n) is 3.15. The van der Waals surface area contributed by atoms with E-state index in [4.69, 9.17) is 5.11 Å². The predicted octanol–water partition coefficient (Wildman–Crippen LogP) is 1.18. The topological polar surface area (TPSA) is 60.9 Å². The van der Waals surface area contributed by atoms with E-state index in [1.807, 2.05) is 16.8 Å². The first-order chi connectivity index (χ1) is 9.08. The number of hydrogen-bond donors (Lipinski definition) is 1. The number of likely N-dealkylation sites (N-methyl/N-ethyl adjacent to an activating group) is 1. The number of carbonyl (C=O) groups is 2. The molecule has 0 spiro atoms. The maximum atomic E-state index is 12.2. The van der Waals surface area contributed by atoms with Crippen LogP contribution < -0.4 is 0 Å². The van der Waals surface area contributed by atoms with Crippen LogP contribution in [0.4, 0.5) is 0 Å². The van der Waals surface area contributed by atoms with Crippen LogP contribution in [0.2, 0.25) is 0 Å². The van der Waals surface area contributed by atoms with E-state index in [0.717, 1.165) is 19.4 Å². The van der Waals surface area contributed by atoms with E-state index < -0.39 is 5.97 Å². The van der Waals surface area contributed by atoms with Crippen molar-refractivity contribution in [3.05, 3.63) is 0 Å². The molecule has 0 radical (unpaired) electrons. The number of rotatable bonds is 4. The van der Waals surface area contributed by atoms with Crippen LogP contribution in [-0.4, -0.2) is 59.5 Å². The van der Waals surface area contributed by atoms with Crippen LogP contribution in [0.3, 0.4) is 0 Å². The molecule has 0 aromatic rings. The first-order valence-corrected chi connectivity index (χ1v) is 7.28. The van der Waals surface area contributed by atoms with Crippen molar-refractivity contribution in [2.75, 3.05) is 26.7 Å². The first kappa shape index (κ1) is 14.3. The Balaban J connectivity index is 1.79. The van der Waals surface area contributed by atoms with Crippen molar-refractivity contribution in [1.82, 2.24) is 9.80 Å². The Bertz CT molecular complexity index is 340. The largest absolute Gasteiger partial charge is 0.481 e. The minimum absolute atomic E-state index is 0.137. The summed E-state index contributed by atoms with van der Waals surface area (Å²) in [4.78, 5) is 27.0. The van der Waals surface area contributed by atoms with Crippen LogP contribution in [-0.2, 0) is 9.59 Å². The van der Waals surface area contributed by atoms with Crippen molar-refractivity contribution in [2.24, 2.45) is 5.92 Å². The number of hydrogen-bond acceptors (Lipinski definition) is 3. The van der Waals surface area contributed by atoms with Crippen LogP contribution in [0.25, 0.3) is 0 Å². The van der Waals surface area contributed by atoms with Gasteiger partial charge in [0.2, 0.25) is 5.91 Å². The smallest absolute Gasteiger partial charge is 0.307 e. The van der Waals surface area contributed by atoms with Crippen molar-refractivity contribution in [3.8, 4) is 0 Å². The molecule has 1 heterocycles. The molecule has 1 amide bonds. The third-order valence-corrected chi connectivity index (χ3v) is 4.50. The van der Waals surface area contributed by atoms with Gasteiger partial charge in [0.1, 0.15) is 0 Å². The van der Waals surface area contributed by atoms with E-state index in [-0.39, 0.29) is 11.8 Å². The van der Waals surface area contributed by atoms with E-state index >= 15 is 0 Å². The average Bonchev–Trinajstić information content (AvgIpc) is 2.87. The van der Waals surface area contributed by atoms with Gasteiger partial charge in [0.05, 0.1) is 12.5 Å². The summed E-state index contributed by atoms with van der Waals surface area (Å²) in [7, 11) is 1.89. The molecular formula is C14H24N2O3. The molecule has 1 saturated carbocycles. The summed E-state index contributed by atoms with van der Waals surface area (Å²) in [5.74, 6) is -0.902. The van der Waals surface area contributed by atoms with Crippen LogP contribution in [0, 0.1) is 5.92 Å². The lowest BCUT2D eigenvalue weighted by molar-refractivity contribution is -0.141. The van der Waals surface area contributed by atoms with Gasteiger partial charge in [-0.2, -0.15) is 0 Å². The zero-order valence-electron chi connectivity index (χ0n) is 11.7. The van der Waals surface area contributed by atoms with Crippen LogP contribution >= 0.6 is 0 Å². The molecule has 2 rings (SSSR count). The van der Waals surface area contributed by atoms with Gasteiger partial charge in [0.15, 0.2) is 0 Å². The van der Waals surface area contributed by atoms with Gasteiger partial charge in [-0.05, 0) is 25.8 Å². The lowest BCUT2D eigenvalue weighted by Crippen LogP contribution is -2.43. The average molecular weight is 268 g/mol. The highest BCUT2D eigenvalue weighted by Crippen LogP contribution is 2.22. The number of carboxylic acid groups (broad SMARTS) is 1. The summed E-state index contributed by atoms with van der Waals surface area (Å²) in [6.07, 6.45) is 6.60. The number of likely N-dealkylation sites (tertiary alicyclic amines) is 1.